The molecule has 2 heterocycles. The fraction of sp³-hybridized carbons (Fsp3) is 0.417. The lowest BCUT2D eigenvalue weighted by Gasteiger charge is -2.37. The number of hydrogen-bond acceptors (Lipinski definition) is 3. The number of likely N-dealkylation sites (tertiary alicyclic amines) is 1. The molecular weight excluding hydrogens is 478 g/mol. The van der Waals surface area contributed by atoms with Crippen LogP contribution in [0.4, 0.5) is 31.1 Å². The van der Waals surface area contributed by atoms with Gasteiger partial charge in [-0.25, -0.2) is 31.1 Å². The molecule has 3 fully saturated rings. The molecule has 5 rings (SSSR count). The number of alkyl halides is 3. The molecule has 0 aromatic heterocycles. The Morgan fingerprint density at radius 1 is 1.03 bits per heavy atom. The summed E-state index contributed by atoms with van der Waals surface area (Å²) < 4.78 is 84.8. The molecule has 2 aromatic carbocycles. The average Bonchev–Trinajstić information content (AvgIpc) is 3.00. The molecule has 0 bridgehead atoms. The number of rotatable bonds is 2. The van der Waals surface area contributed by atoms with Gasteiger partial charge in [-0.15, -0.1) is 0 Å². The van der Waals surface area contributed by atoms with E-state index in [2.05, 4.69) is 10.1 Å². The van der Waals surface area contributed by atoms with Gasteiger partial charge in [0.05, 0.1) is 19.7 Å². The van der Waals surface area contributed by atoms with E-state index >= 15 is 0 Å². The third kappa shape index (κ3) is 5.08. The monoisotopic (exact) mass is 500 g/mol. The molecule has 2 amide bonds. The Kier molecular flexibility index (Phi) is 6.70. The maximum Gasteiger partial charge on any atom is 0.407 e. The summed E-state index contributed by atoms with van der Waals surface area (Å²) >= 11 is 0. The highest BCUT2D eigenvalue weighted by Crippen LogP contribution is 2.42. The first-order valence-corrected chi connectivity index (χ1v) is 11.0. The van der Waals surface area contributed by atoms with E-state index in [1.807, 2.05) is 0 Å². The highest BCUT2D eigenvalue weighted by Gasteiger charge is 2.63. The number of halogens is 6. The second kappa shape index (κ2) is 9.43. The SMILES string of the molecule is Fc1cc(F)cc(-c2ccccc2F)c1.O=C1NC2(CCO1)CN(C(=O)C1CC(F)C1)CC2(F)F. The van der Waals surface area contributed by atoms with Crippen molar-refractivity contribution < 1.29 is 40.7 Å². The molecule has 1 atom stereocenters. The maximum atomic E-state index is 14.2. The summed E-state index contributed by atoms with van der Waals surface area (Å²) in [5, 5.41) is 2.17. The van der Waals surface area contributed by atoms with E-state index in [0.717, 1.165) is 23.1 Å². The van der Waals surface area contributed by atoms with Gasteiger partial charge in [0.25, 0.3) is 5.92 Å². The van der Waals surface area contributed by atoms with Crippen LogP contribution < -0.4 is 5.32 Å². The summed E-state index contributed by atoms with van der Waals surface area (Å²) in [6, 6.07) is 8.81. The van der Waals surface area contributed by atoms with Crippen LogP contribution in [0.25, 0.3) is 11.1 Å². The minimum atomic E-state index is -3.21. The van der Waals surface area contributed by atoms with E-state index in [-0.39, 0.29) is 43.5 Å². The second-order valence-corrected chi connectivity index (χ2v) is 8.90. The lowest BCUT2D eigenvalue weighted by Crippen LogP contribution is -2.63. The topological polar surface area (TPSA) is 58.6 Å². The van der Waals surface area contributed by atoms with Crippen molar-refractivity contribution >= 4 is 12.0 Å². The van der Waals surface area contributed by atoms with Gasteiger partial charge in [-0.05, 0) is 36.6 Å². The van der Waals surface area contributed by atoms with Gasteiger partial charge in [0.15, 0.2) is 0 Å². The Hall–Kier alpha value is -3.24. The Balaban J connectivity index is 0.000000172. The number of nitrogens with one attached hydrogen (secondary N) is 1. The Morgan fingerprint density at radius 3 is 2.29 bits per heavy atom. The van der Waals surface area contributed by atoms with E-state index < -0.39 is 59.5 Å². The Bertz CT molecular complexity index is 1100. The molecule has 2 aliphatic heterocycles. The Morgan fingerprint density at radius 2 is 1.69 bits per heavy atom. The van der Waals surface area contributed by atoms with Crippen LogP contribution in [0.5, 0.6) is 0 Å². The molecule has 188 valence electrons. The summed E-state index contributed by atoms with van der Waals surface area (Å²) in [4.78, 5) is 24.3. The molecule has 2 aromatic rings. The van der Waals surface area contributed by atoms with Gasteiger partial charge >= 0.3 is 6.09 Å². The predicted molar refractivity (Wildman–Crippen MR) is 113 cm³/mol. The molecule has 1 N–H and O–H groups in total. The lowest BCUT2D eigenvalue weighted by atomic mass is 9.82. The van der Waals surface area contributed by atoms with Gasteiger partial charge < -0.3 is 15.0 Å². The Labute approximate surface area is 197 Å². The van der Waals surface area contributed by atoms with Crippen LogP contribution in [-0.2, 0) is 9.53 Å². The average molecular weight is 500 g/mol. The number of carbonyl (C=O) groups excluding carboxylic acids is 2. The maximum absolute atomic E-state index is 14.2. The zero-order valence-corrected chi connectivity index (χ0v) is 18.4. The number of ether oxygens (including phenoxy) is 1. The summed E-state index contributed by atoms with van der Waals surface area (Å²) in [5.41, 5.74) is -1.36. The number of cyclic esters (lactones) is 1. The highest BCUT2D eigenvalue weighted by molar-refractivity contribution is 5.81. The van der Waals surface area contributed by atoms with E-state index in [9.17, 15) is 35.9 Å². The molecule has 11 heteroatoms. The zero-order chi connectivity index (χ0) is 25.4. The molecular formula is C24H22F6N2O3. The van der Waals surface area contributed by atoms with Crippen molar-refractivity contribution in [1.29, 1.82) is 0 Å². The number of nitrogens with zero attached hydrogens (tertiary/aromatic N) is 1. The van der Waals surface area contributed by atoms with Crippen LogP contribution in [0.3, 0.4) is 0 Å². The predicted octanol–water partition coefficient (Wildman–Crippen LogP) is 4.85. The van der Waals surface area contributed by atoms with Gasteiger partial charge in [-0.2, -0.15) is 0 Å². The number of carbonyl (C=O) groups is 2. The van der Waals surface area contributed by atoms with Crippen LogP contribution in [0.2, 0.25) is 0 Å². The van der Waals surface area contributed by atoms with Gasteiger partial charge in [-0.3, -0.25) is 4.79 Å². The lowest BCUT2D eigenvalue weighted by molar-refractivity contribution is -0.140. The first kappa shape index (κ1) is 24.9. The molecule has 35 heavy (non-hydrogen) atoms. The molecule has 5 nitrogen and oxygen atoms in total. The number of amides is 2. The standard InChI is InChI=1S/C12H15F3N2O3.C12H7F3/c13-8-3-7(4-8)9(18)17-5-11(12(14,15)6-17)1-2-20-10(19)16-11;13-9-5-8(6-10(14)7-9)11-3-1-2-4-12(11)15/h7-8H,1-6H2,(H,16,19);1-7H. The second-order valence-electron chi connectivity index (χ2n) is 8.90. The number of benzene rings is 2. The number of hydrogen-bond donors (Lipinski definition) is 1. The van der Waals surface area contributed by atoms with E-state index in [1.165, 1.54) is 18.2 Å². The first-order valence-electron chi connectivity index (χ1n) is 11.0. The van der Waals surface area contributed by atoms with Crippen molar-refractivity contribution in [2.75, 3.05) is 19.7 Å². The fourth-order valence-electron chi connectivity index (χ4n) is 4.46. The van der Waals surface area contributed by atoms with Gasteiger partial charge in [-0.1, -0.05) is 18.2 Å². The quantitative estimate of drug-likeness (QED) is 0.600. The van der Waals surface area contributed by atoms with Crippen molar-refractivity contribution in [3.63, 3.8) is 0 Å². The smallest absolute Gasteiger partial charge is 0.407 e. The van der Waals surface area contributed by atoms with Crippen molar-refractivity contribution in [1.82, 2.24) is 10.2 Å². The van der Waals surface area contributed by atoms with Crippen LogP contribution >= 0.6 is 0 Å². The zero-order valence-electron chi connectivity index (χ0n) is 18.4. The molecule has 1 unspecified atom stereocenters. The normalized spacial score (nSPS) is 26.8. The summed E-state index contributed by atoms with van der Waals surface area (Å²) in [6.07, 6.45) is -1.75. The van der Waals surface area contributed by atoms with Crippen LogP contribution in [-0.4, -0.2) is 54.2 Å². The minimum Gasteiger partial charge on any atom is -0.449 e. The minimum absolute atomic E-state index is 0.0497. The van der Waals surface area contributed by atoms with Crippen LogP contribution in [0.1, 0.15) is 19.3 Å². The number of alkyl carbamates (subject to hydrolysis) is 1. The highest BCUT2D eigenvalue weighted by atomic mass is 19.3. The van der Waals surface area contributed by atoms with E-state index in [0.29, 0.717) is 0 Å². The third-order valence-electron chi connectivity index (χ3n) is 6.44. The molecule has 3 aliphatic rings. The van der Waals surface area contributed by atoms with Crippen molar-refractivity contribution in [2.45, 2.75) is 36.9 Å². The van der Waals surface area contributed by atoms with Crippen LogP contribution in [0.15, 0.2) is 42.5 Å². The van der Waals surface area contributed by atoms with Gasteiger partial charge in [0, 0.05) is 24.0 Å². The molecule has 1 saturated carbocycles. The summed E-state index contributed by atoms with van der Waals surface area (Å²) in [6.45, 7) is -1.08. The van der Waals surface area contributed by atoms with Crippen LogP contribution in [0, 0.1) is 23.4 Å². The fourth-order valence-corrected chi connectivity index (χ4v) is 4.46. The summed E-state index contributed by atoms with van der Waals surface area (Å²) in [5.74, 6) is -6.09. The van der Waals surface area contributed by atoms with Gasteiger partial charge in [0.1, 0.15) is 29.2 Å². The third-order valence-corrected chi connectivity index (χ3v) is 6.44. The van der Waals surface area contributed by atoms with Crippen molar-refractivity contribution in [3.8, 4) is 11.1 Å². The van der Waals surface area contributed by atoms with Crippen molar-refractivity contribution in [3.05, 3.63) is 59.9 Å². The molecule has 0 radical (unpaired) electrons. The molecule has 1 aliphatic carbocycles. The van der Waals surface area contributed by atoms with Crippen molar-refractivity contribution in [2.24, 2.45) is 5.92 Å². The summed E-state index contributed by atoms with van der Waals surface area (Å²) in [7, 11) is 0. The molecule has 1 spiro atoms. The largest absolute Gasteiger partial charge is 0.449 e. The van der Waals surface area contributed by atoms with Gasteiger partial charge in [0.2, 0.25) is 5.91 Å². The van der Waals surface area contributed by atoms with E-state index in [1.54, 1.807) is 6.07 Å². The first-order chi connectivity index (χ1) is 16.5. The van der Waals surface area contributed by atoms with E-state index in [4.69, 9.17) is 0 Å². The molecule has 2 saturated heterocycles.